The molecule has 0 fully saturated rings. The van der Waals surface area contributed by atoms with E-state index in [-0.39, 0.29) is 23.0 Å². The molecule has 4 N–H and O–H groups in total. The Bertz CT molecular complexity index is 685. The Kier molecular flexibility index (Phi) is 6.93. The van der Waals surface area contributed by atoms with Crippen LogP contribution >= 0.6 is 0 Å². The monoisotopic (exact) mass is 328 g/mol. The fraction of sp³-hybridized carbons (Fsp3) is 0.200. The van der Waals surface area contributed by atoms with Crippen molar-refractivity contribution >= 4 is 12.2 Å². The van der Waals surface area contributed by atoms with E-state index in [1.165, 1.54) is 12.1 Å². The van der Waals surface area contributed by atoms with Gasteiger partial charge in [0, 0.05) is 11.1 Å². The van der Waals surface area contributed by atoms with Gasteiger partial charge in [0.05, 0.1) is 0 Å². The van der Waals surface area contributed by atoms with Gasteiger partial charge in [-0.15, -0.1) is 0 Å². The lowest BCUT2D eigenvalue weighted by Gasteiger charge is -2.01. The molecular weight excluding hydrogens is 304 g/mol. The Morgan fingerprint density at radius 3 is 1.25 bits per heavy atom. The van der Waals surface area contributed by atoms with E-state index in [4.69, 9.17) is 10.2 Å². The second kappa shape index (κ2) is 8.67. The largest absolute Gasteiger partial charge is 0.504 e. The van der Waals surface area contributed by atoms with Gasteiger partial charge >= 0.3 is 0 Å². The molecule has 0 aromatic heterocycles. The highest BCUT2D eigenvalue weighted by molar-refractivity contribution is 5.63. The molecule has 4 heteroatoms. The lowest BCUT2D eigenvalue weighted by atomic mass is 10.1. The summed E-state index contributed by atoms with van der Waals surface area (Å²) < 4.78 is 0. The first kappa shape index (κ1) is 19.2. The average molecular weight is 328 g/mol. The highest BCUT2D eigenvalue weighted by Crippen LogP contribution is 2.30. The van der Waals surface area contributed by atoms with Gasteiger partial charge in [-0.05, 0) is 39.8 Å². The van der Waals surface area contributed by atoms with Crippen molar-refractivity contribution in [2.24, 2.45) is 0 Å². The van der Waals surface area contributed by atoms with Gasteiger partial charge in [-0.2, -0.15) is 0 Å². The van der Waals surface area contributed by atoms with Crippen molar-refractivity contribution in [2.75, 3.05) is 0 Å². The molecule has 2 aromatic carbocycles. The lowest BCUT2D eigenvalue weighted by molar-refractivity contribution is 0.403. The van der Waals surface area contributed by atoms with E-state index in [1.807, 2.05) is 39.8 Å². The maximum Gasteiger partial charge on any atom is 0.164 e. The molecule has 128 valence electrons. The van der Waals surface area contributed by atoms with Crippen LogP contribution in [-0.4, -0.2) is 20.4 Å². The van der Waals surface area contributed by atoms with Gasteiger partial charge < -0.3 is 20.4 Å². The molecule has 0 radical (unpaired) electrons. The second-order valence-corrected chi connectivity index (χ2v) is 5.87. The van der Waals surface area contributed by atoms with Gasteiger partial charge in [0.2, 0.25) is 0 Å². The smallest absolute Gasteiger partial charge is 0.164 e. The van der Waals surface area contributed by atoms with Crippen LogP contribution in [0.3, 0.4) is 0 Å². The predicted molar refractivity (Wildman–Crippen MR) is 98.2 cm³/mol. The predicted octanol–water partition coefficient (Wildman–Crippen LogP) is 5.04. The molecule has 24 heavy (non-hydrogen) atoms. The summed E-state index contributed by atoms with van der Waals surface area (Å²) in [6.45, 7) is 7.74. The molecule has 0 amide bonds. The summed E-state index contributed by atoms with van der Waals surface area (Å²) >= 11 is 0. The van der Waals surface area contributed by atoms with Crippen molar-refractivity contribution in [3.05, 3.63) is 58.7 Å². The van der Waals surface area contributed by atoms with Gasteiger partial charge in [0.15, 0.2) is 23.0 Å². The van der Waals surface area contributed by atoms with Crippen molar-refractivity contribution < 1.29 is 20.4 Å². The van der Waals surface area contributed by atoms with Gasteiger partial charge in [0.25, 0.3) is 0 Å². The third-order valence-corrected chi connectivity index (χ3v) is 2.98. The zero-order chi connectivity index (χ0) is 18.3. The van der Waals surface area contributed by atoms with Crippen molar-refractivity contribution in [1.29, 1.82) is 0 Å². The molecule has 0 spiro atoms. The molecule has 2 aromatic rings. The lowest BCUT2D eigenvalue weighted by Crippen LogP contribution is -1.76. The number of phenols is 4. The number of allylic oxidation sites excluding steroid dienone is 2. The number of hydrogen-bond acceptors (Lipinski definition) is 4. The van der Waals surface area contributed by atoms with Gasteiger partial charge in [-0.1, -0.05) is 47.6 Å². The third kappa shape index (κ3) is 5.72. The van der Waals surface area contributed by atoms with E-state index in [2.05, 4.69) is 0 Å². The van der Waals surface area contributed by atoms with Crippen LogP contribution in [-0.2, 0) is 0 Å². The summed E-state index contributed by atoms with van der Waals surface area (Å²) in [4.78, 5) is 0. The van der Waals surface area contributed by atoms with Crippen LogP contribution in [0.5, 0.6) is 23.0 Å². The van der Waals surface area contributed by atoms with E-state index in [0.29, 0.717) is 11.1 Å². The normalized spacial score (nSPS) is 9.50. The summed E-state index contributed by atoms with van der Waals surface area (Å²) in [7, 11) is 0. The van der Waals surface area contributed by atoms with Crippen molar-refractivity contribution in [2.45, 2.75) is 27.7 Å². The third-order valence-electron chi connectivity index (χ3n) is 2.98. The first-order valence-corrected chi connectivity index (χ1v) is 7.54. The number of hydrogen-bond donors (Lipinski definition) is 4. The Morgan fingerprint density at radius 1 is 0.625 bits per heavy atom. The molecule has 4 nitrogen and oxygen atoms in total. The van der Waals surface area contributed by atoms with Gasteiger partial charge in [-0.25, -0.2) is 0 Å². The van der Waals surface area contributed by atoms with E-state index in [9.17, 15) is 10.2 Å². The van der Waals surface area contributed by atoms with Crippen LogP contribution in [0.1, 0.15) is 38.8 Å². The minimum absolute atomic E-state index is 0.0568. The Morgan fingerprint density at radius 2 is 0.958 bits per heavy atom. The fourth-order valence-electron chi connectivity index (χ4n) is 1.95. The standard InChI is InChI=1S/2C10H12O2/c2*1-7(2)6-8-4-3-5-9(11)10(8)12/h2*3-6,11-12H,1-2H3. The molecule has 0 atom stereocenters. The maximum atomic E-state index is 9.35. The van der Waals surface area contributed by atoms with Crippen LogP contribution in [0.15, 0.2) is 47.5 Å². The van der Waals surface area contributed by atoms with Crippen LogP contribution in [0.4, 0.5) is 0 Å². The number of phenolic OH excluding ortho intramolecular Hbond substituents is 4. The first-order valence-electron chi connectivity index (χ1n) is 7.54. The average Bonchev–Trinajstić information content (AvgIpc) is 2.49. The minimum atomic E-state index is -0.0787. The molecular formula is C20H24O4. The summed E-state index contributed by atoms with van der Waals surface area (Å²) in [5.74, 6) is -0.271. The molecule has 0 saturated carbocycles. The minimum Gasteiger partial charge on any atom is -0.504 e. The summed E-state index contributed by atoms with van der Waals surface area (Å²) in [6.07, 6.45) is 3.63. The fourth-order valence-corrected chi connectivity index (χ4v) is 1.95. The molecule has 0 saturated heterocycles. The zero-order valence-corrected chi connectivity index (χ0v) is 14.4. The maximum absolute atomic E-state index is 9.35. The number of benzene rings is 2. The molecule has 0 aliphatic rings. The van der Waals surface area contributed by atoms with Gasteiger partial charge in [-0.3, -0.25) is 0 Å². The molecule has 2 rings (SSSR count). The van der Waals surface area contributed by atoms with Crippen molar-refractivity contribution in [1.82, 2.24) is 0 Å². The van der Waals surface area contributed by atoms with E-state index in [0.717, 1.165) is 11.1 Å². The van der Waals surface area contributed by atoms with E-state index in [1.54, 1.807) is 24.3 Å². The molecule has 0 heterocycles. The number of rotatable bonds is 2. The highest BCUT2D eigenvalue weighted by Gasteiger charge is 2.02. The SMILES string of the molecule is CC(C)=Cc1cccc(O)c1O.CC(C)=Cc1cccc(O)c1O. The number of para-hydroxylation sites is 2. The van der Waals surface area contributed by atoms with Crippen LogP contribution in [0, 0.1) is 0 Å². The summed E-state index contributed by atoms with van der Waals surface area (Å²) in [5, 5.41) is 37.0. The van der Waals surface area contributed by atoms with Crippen molar-refractivity contribution in [3.8, 4) is 23.0 Å². The van der Waals surface area contributed by atoms with Crippen LogP contribution < -0.4 is 0 Å². The Hall–Kier alpha value is -2.88. The highest BCUT2D eigenvalue weighted by atomic mass is 16.3. The molecule has 0 bridgehead atoms. The second-order valence-electron chi connectivity index (χ2n) is 5.87. The topological polar surface area (TPSA) is 80.9 Å². The van der Waals surface area contributed by atoms with Gasteiger partial charge in [0.1, 0.15) is 0 Å². The van der Waals surface area contributed by atoms with E-state index >= 15 is 0 Å². The quantitative estimate of drug-likeness (QED) is 0.582. The Labute approximate surface area is 142 Å². The van der Waals surface area contributed by atoms with Crippen LogP contribution in [0.25, 0.3) is 12.2 Å². The molecule has 0 unspecified atom stereocenters. The Balaban J connectivity index is 0.000000240. The van der Waals surface area contributed by atoms with E-state index < -0.39 is 0 Å². The summed E-state index contributed by atoms with van der Waals surface area (Å²) in [6, 6.07) is 9.81. The van der Waals surface area contributed by atoms with Crippen molar-refractivity contribution in [3.63, 3.8) is 0 Å². The molecule has 0 aliphatic heterocycles. The first-order chi connectivity index (χ1) is 11.2. The molecule has 0 aliphatic carbocycles. The van der Waals surface area contributed by atoms with Crippen LogP contribution in [0.2, 0.25) is 0 Å². The number of aromatic hydroxyl groups is 4. The zero-order valence-electron chi connectivity index (χ0n) is 14.4. The summed E-state index contributed by atoms with van der Waals surface area (Å²) in [5.41, 5.74) is 3.46.